The van der Waals surface area contributed by atoms with Gasteiger partial charge in [0.25, 0.3) is 0 Å². The first-order valence-corrected chi connectivity index (χ1v) is 6.70. The van der Waals surface area contributed by atoms with Gasteiger partial charge in [0.05, 0.1) is 0 Å². The topological polar surface area (TPSA) is 47.0 Å². The number of ether oxygens (including phenoxy) is 1. The van der Waals surface area contributed by atoms with Crippen molar-refractivity contribution in [3.8, 4) is 11.6 Å². The Morgan fingerprint density at radius 3 is 2.25 bits per heavy atom. The van der Waals surface area contributed by atoms with Gasteiger partial charge in [-0.2, -0.15) is 4.98 Å². The van der Waals surface area contributed by atoms with E-state index in [9.17, 15) is 0 Å². The summed E-state index contributed by atoms with van der Waals surface area (Å²) < 4.78 is 5.78. The van der Waals surface area contributed by atoms with Crippen LogP contribution in [0.4, 0.5) is 5.82 Å². The average molecular weight is 271 g/mol. The number of aromatic nitrogens is 2. The molecule has 0 unspecified atom stereocenters. The number of rotatable bonds is 3. The van der Waals surface area contributed by atoms with E-state index < -0.39 is 0 Å². The molecule has 0 amide bonds. The molecule has 0 spiro atoms. The molecule has 106 valence electrons. The number of benzene rings is 1. The van der Waals surface area contributed by atoms with E-state index in [1.165, 1.54) is 5.56 Å². The maximum atomic E-state index is 5.78. The van der Waals surface area contributed by atoms with Gasteiger partial charge < -0.3 is 10.1 Å². The molecule has 0 saturated carbocycles. The number of hydrogen-bond acceptors (Lipinski definition) is 4. The van der Waals surface area contributed by atoms with Gasteiger partial charge in [-0.1, -0.05) is 32.9 Å². The molecule has 4 nitrogen and oxygen atoms in total. The summed E-state index contributed by atoms with van der Waals surface area (Å²) in [7, 11) is 1.82. The first-order chi connectivity index (χ1) is 9.38. The lowest BCUT2D eigenvalue weighted by Crippen LogP contribution is -2.10. The van der Waals surface area contributed by atoms with Crippen LogP contribution in [0, 0.1) is 6.92 Å². The van der Waals surface area contributed by atoms with E-state index in [-0.39, 0.29) is 5.41 Å². The average Bonchev–Trinajstić information content (AvgIpc) is 2.37. The van der Waals surface area contributed by atoms with Crippen molar-refractivity contribution in [1.29, 1.82) is 0 Å². The van der Waals surface area contributed by atoms with Crippen LogP contribution in [-0.4, -0.2) is 17.0 Å². The Hall–Kier alpha value is -2.10. The maximum Gasteiger partial charge on any atom is 0.224 e. The van der Waals surface area contributed by atoms with E-state index >= 15 is 0 Å². The van der Waals surface area contributed by atoms with Crippen LogP contribution in [0.15, 0.2) is 30.3 Å². The lowest BCUT2D eigenvalue weighted by atomic mass is 9.87. The van der Waals surface area contributed by atoms with E-state index in [4.69, 9.17) is 4.74 Å². The first kappa shape index (κ1) is 14.3. The lowest BCUT2D eigenvalue weighted by Gasteiger charge is -2.19. The predicted molar refractivity (Wildman–Crippen MR) is 81.5 cm³/mol. The summed E-state index contributed by atoms with van der Waals surface area (Å²) in [5.41, 5.74) is 1.42. The molecule has 0 fully saturated rings. The Bertz CT molecular complexity index is 586. The van der Waals surface area contributed by atoms with Gasteiger partial charge in [0.2, 0.25) is 5.88 Å². The minimum atomic E-state index is 0.142. The second-order valence-corrected chi connectivity index (χ2v) is 5.77. The monoisotopic (exact) mass is 271 g/mol. The predicted octanol–water partition coefficient (Wildman–Crippen LogP) is 3.92. The van der Waals surface area contributed by atoms with Gasteiger partial charge in [-0.05, 0) is 30.0 Å². The summed E-state index contributed by atoms with van der Waals surface area (Å²) >= 11 is 0. The van der Waals surface area contributed by atoms with E-state index in [1.807, 2.05) is 26.1 Å². The van der Waals surface area contributed by atoms with Gasteiger partial charge in [-0.3, -0.25) is 0 Å². The van der Waals surface area contributed by atoms with Crippen LogP contribution in [-0.2, 0) is 5.41 Å². The molecular formula is C16H21N3O. The highest BCUT2D eigenvalue weighted by Crippen LogP contribution is 2.26. The van der Waals surface area contributed by atoms with Crippen molar-refractivity contribution in [2.75, 3.05) is 12.4 Å². The number of hydrogen-bond donors (Lipinski definition) is 1. The third kappa shape index (κ3) is 3.47. The lowest BCUT2D eigenvalue weighted by molar-refractivity contribution is 0.459. The van der Waals surface area contributed by atoms with Gasteiger partial charge >= 0.3 is 0 Å². The molecule has 1 heterocycles. The minimum absolute atomic E-state index is 0.142. The highest BCUT2D eigenvalue weighted by Gasteiger charge is 2.13. The summed E-state index contributed by atoms with van der Waals surface area (Å²) in [4.78, 5) is 8.51. The van der Waals surface area contributed by atoms with Crippen LogP contribution in [0.3, 0.4) is 0 Å². The standard InChI is InChI=1S/C16H21N3O/c1-11-18-14(17-5)10-15(19-11)20-13-8-6-12(7-9-13)16(2,3)4/h6-10H,1-5H3,(H,17,18,19). The summed E-state index contributed by atoms with van der Waals surface area (Å²) in [5, 5.41) is 2.99. The Morgan fingerprint density at radius 2 is 1.70 bits per heavy atom. The Balaban J connectivity index is 2.20. The summed E-state index contributed by atoms with van der Waals surface area (Å²) in [5.74, 6) is 2.75. The summed E-state index contributed by atoms with van der Waals surface area (Å²) in [6.07, 6.45) is 0. The van der Waals surface area contributed by atoms with Crippen molar-refractivity contribution >= 4 is 5.82 Å². The summed E-state index contributed by atoms with van der Waals surface area (Å²) in [6, 6.07) is 9.89. The van der Waals surface area contributed by atoms with Crippen molar-refractivity contribution in [3.63, 3.8) is 0 Å². The number of nitrogens with one attached hydrogen (secondary N) is 1. The molecular weight excluding hydrogens is 250 g/mol. The molecule has 2 aromatic rings. The maximum absolute atomic E-state index is 5.78. The molecule has 0 atom stereocenters. The van der Waals surface area contributed by atoms with Crippen molar-refractivity contribution < 1.29 is 4.74 Å². The normalized spacial score (nSPS) is 11.2. The zero-order valence-corrected chi connectivity index (χ0v) is 12.7. The SMILES string of the molecule is CNc1cc(Oc2ccc(C(C)(C)C)cc2)nc(C)n1. The second kappa shape index (κ2) is 5.49. The molecule has 0 aliphatic rings. The Kier molecular flexibility index (Phi) is 3.93. The Morgan fingerprint density at radius 1 is 1.05 bits per heavy atom. The van der Waals surface area contributed by atoms with Crippen molar-refractivity contribution in [1.82, 2.24) is 9.97 Å². The number of anilines is 1. The fourth-order valence-corrected chi connectivity index (χ4v) is 1.86. The third-order valence-electron chi connectivity index (χ3n) is 3.01. The van der Waals surface area contributed by atoms with Crippen LogP contribution in [0.2, 0.25) is 0 Å². The first-order valence-electron chi connectivity index (χ1n) is 6.70. The fraction of sp³-hybridized carbons (Fsp3) is 0.375. The fourth-order valence-electron chi connectivity index (χ4n) is 1.86. The zero-order chi connectivity index (χ0) is 14.8. The molecule has 4 heteroatoms. The molecule has 1 aromatic heterocycles. The van der Waals surface area contributed by atoms with Gasteiger partial charge in [0.15, 0.2) is 0 Å². The largest absolute Gasteiger partial charge is 0.439 e. The third-order valence-corrected chi connectivity index (χ3v) is 3.01. The van der Waals surface area contributed by atoms with Gasteiger partial charge in [0, 0.05) is 13.1 Å². The van der Waals surface area contributed by atoms with E-state index in [0.717, 1.165) is 11.6 Å². The van der Waals surface area contributed by atoms with Crippen LogP contribution < -0.4 is 10.1 Å². The second-order valence-electron chi connectivity index (χ2n) is 5.77. The van der Waals surface area contributed by atoms with Crippen LogP contribution >= 0.6 is 0 Å². The smallest absolute Gasteiger partial charge is 0.224 e. The van der Waals surface area contributed by atoms with E-state index in [2.05, 4.69) is 48.2 Å². The number of aryl methyl sites for hydroxylation is 1. The van der Waals surface area contributed by atoms with Crippen molar-refractivity contribution in [3.05, 3.63) is 41.7 Å². The highest BCUT2D eigenvalue weighted by molar-refractivity contribution is 5.40. The van der Waals surface area contributed by atoms with E-state index in [0.29, 0.717) is 11.7 Å². The molecule has 1 N–H and O–H groups in total. The van der Waals surface area contributed by atoms with Gasteiger partial charge in [-0.25, -0.2) is 4.98 Å². The highest BCUT2D eigenvalue weighted by atomic mass is 16.5. The van der Waals surface area contributed by atoms with Crippen LogP contribution in [0.1, 0.15) is 32.2 Å². The Labute approximate surface area is 120 Å². The van der Waals surface area contributed by atoms with Crippen molar-refractivity contribution in [2.45, 2.75) is 33.1 Å². The molecule has 1 aromatic carbocycles. The minimum Gasteiger partial charge on any atom is -0.439 e. The molecule has 0 bridgehead atoms. The van der Waals surface area contributed by atoms with Crippen LogP contribution in [0.5, 0.6) is 11.6 Å². The van der Waals surface area contributed by atoms with E-state index in [1.54, 1.807) is 6.07 Å². The van der Waals surface area contributed by atoms with Crippen LogP contribution in [0.25, 0.3) is 0 Å². The quantitative estimate of drug-likeness (QED) is 0.919. The number of nitrogens with zero attached hydrogens (tertiary/aromatic N) is 2. The molecule has 0 aliphatic carbocycles. The van der Waals surface area contributed by atoms with Crippen molar-refractivity contribution in [2.24, 2.45) is 0 Å². The molecule has 0 saturated heterocycles. The van der Waals surface area contributed by atoms with Gasteiger partial charge in [-0.15, -0.1) is 0 Å². The summed E-state index contributed by atoms with van der Waals surface area (Å²) in [6.45, 7) is 8.41. The molecule has 2 rings (SSSR count). The van der Waals surface area contributed by atoms with Gasteiger partial charge in [0.1, 0.15) is 17.4 Å². The molecule has 0 aliphatic heterocycles. The molecule has 0 radical (unpaired) electrons. The molecule has 20 heavy (non-hydrogen) atoms. The zero-order valence-electron chi connectivity index (χ0n) is 12.7.